The SMILES string of the molecule is O=c1ccn([C@H]2O[C@@H](COP(=O)(O)OP(=O)(O)O)C(O)C2O)c(=O)[nH]1.[H-].[H-].[H-].[H-].[Na+].[Na+].[Na+].[Na+]. The molecule has 2 rings (SSSR count). The number of aromatic amines is 1. The number of aliphatic hydroxyl groups is 2. The zero-order valence-corrected chi connectivity index (χ0v) is 25.9. The third-order valence-corrected chi connectivity index (χ3v) is 5.23. The Bertz CT molecular complexity index is 863. The smallest absolute Gasteiger partial charge is 1.00 e. The molecule has 1 saturated heterocycles. The summed E-state index contributed by atoms with van der Waals surface area (Å²) in [6.45, 7) is -0.902. The molecule has 2 heterocycles. The normalized spacial score (nSPS) is 25.4. The van der Waals surface area contributed by atoms with Crippen LogP contribution in [-0.4, -0.2) is 59.4 Å². The van der Waals surface area contributed by atoms with Crippen molar-refractivity contribution >= 4 is 15.6 Å². The van der Waals surface area contributed by atoms with Crippen LogP contribution in [0.15, 0.2) is 21.9 Å². The molecule has 20 heteroatoms. The third-order valence-electron chi connectivity index (χ3n) is 3.07. The Hall–Kier alpha value is 2.82. The Labute approximate surface area is 257 Å². The number of hydrogen-bond donors (Lipinski definition) is 6. The molecule has 0 spiro atoms. The van der Waals surface area contributed by atoms with E-state index in [4.69, 9.17) is 19.4 Å². The number of hydrogen-bond acceptors (Lipinski definition) is 9. The Morgan fingerprint density at radius 2 is 1.66 bits per heavy atom. The topological polar surface area (TPSA) is 218 Å². The summed E-state index contributed by atoms with van der Waals surface area (Å²) in [6, 6.07) is 0.962. The molecule has 150 valence electrons. The second-order valence-electron chi connectivity index (χ2n) is 4.90. The van der Waals surface area contributed by atoms with Crippen LogP contribution in [0.5, 0.6) is 0 Å². The van der Waals surface area contributed by atoms with Gasteiger partial charge in [0.05, 0.1) is 6.61 Å². The molecule has 1 aliphatic rings. The summed E-state index contributed by atoms with van der Waals surface area (Å²) in [6.07, 6.45) is -5.25. The van der Waals surface area contributed by atoms with Gasteiger partial charge in [0.1, 0.15) is 18.3 Å². The van der Waals surface area contributed by atoms with E-state index in [9.17, 15) is 28.9 Å². The number of nitrogens with one attached hydrogen (secondary N) is 1. The molecule has 29 heavy (non-hydrogen) atoms. The average Bonchev–Trinajstić information content (AvgIpc) is 2.71. The van der Waals surface area contributed by atoms with Crippen LogP contribution in [0, 0.1) is 0 Å². The average molecular weight is 500 g/mol. The molecular formula is C9H18N2Na4O12P2. The maximum Gasteiger partial charge on any atom is 1.00 e. The maximum atomic E-state index is 11.7. The molecule has 1 aromatic rings. The number of phosphoric ester groups is 1. The number of ether oxygens (including phenoxy) is 1. The second-order valence-corrected chi connectivity index (χ2v) is 7.73. The van der Waals surface area contributed by atoms with Crippen LogP contribution in [0.4, 0.5) is 0 Å². The van der Waals surface area contributed by atoms with Gasteiger partial charge in [0.15, 0.2) is 6.23 Å². The van der Waals surface area contributed by atoms with Gasteiger partial charge >= 0.3 is 140 Å². The van der Waals surface area contributed by atoms with Crippen molar-refractivity contribution in [2.75, 3.05) is 6.61 Å². The monoisotopic (exact) mass is 500 g/mol. The van der Waals surface area contributed by atoms with E-state index in [0.717, 1.165) is 16.8 Å². The van der Waals surface area contributed by atoms with Crippen molar-refractivity contribution < 1.29 is 172 Å². The number of nitrogens with zero attached hydrogens (tertiary/aromatic N) is 1. The van der Waals surface area contributed by atoms with Gasteiger partial charge in [-0.05, 0) is 0 Å². The number of rotatable bonds is 6. The van der Waals surface area contributed by atoms with Gasteiger partial charge in [-0.25, -0.2) is 13.9 Å². The zero-order chi connectivity index (χ0) is 19.0. The fraction of sp³-hybridized carbons (Fsp3) is 0.556. The predicted molar refractivity (Wildman–Crippen MR) is 80.6 cm³/mol. The van der Waals surface area contributed by atoms with Crippen molar-refractivity contribution in [2.24, 2.45) is 0 Å². The van der Waals surface area contributed by atoms with Crippen molar-refractivity contribution in [1.82, 2.24) is 9.55 Å². The van der Waals surface area contributed by atoms with Crippen molar-refractivity contribution in [3.8, 4) is 0 Å². The fourth-order valence-electron chi connectivity index (χ4n) is 2.05. The molecule has 1 fully saturated rings. The Balaban J connectivity index is -0.000000169. The van der Waals surface area contributed by atoms with Crippen LogP contribution in [0.3, 0.4) is 0 Å². The van der Waals surface area contributed by atoms with Crippen molar-refractivity contribution in [3.05, 3.63) is 33.1 Å². The number of aromatic nitrogens is 2. The molecule has 0 saturated carbocycles. The van der Waals surface area contributed by atoms with Crippen LogP contribution in [-0.2, 0) is 22.7 Å². The Morgan fingerprint density at radius 3 is 2.14 bits per heavy atom. The molecule has 1 aliphatic heterocycles. The summed E-state index contributed by atoms with van der Waals surface area (Å²) in [5.74, 6) is 0. The standard InChI is InChI=1S/C9H14N2O12P2.4Na.4H/c12-5-1-2-11(9(15)10-5)8-7(14)6(13)4(22-8)3-21-25(19,20)23-24(16,17)18;;;;;;;;/h1-2,4,6-8,13-14H,3H2,(H,19,20)(H,10,12,15)(H2,16,17,18);;;;;;;;/q;4*+1;4*-1/t4-,6?,7?,8-;;;;;;;;/m0......../s1. The number of phosphoric acid groups is 2. The van der Waals surface area contributed by atoms with E-state index in [-0.39, 0.29) is 124 Å². The first-order valence-corrected chi connectivity index (χ1v) is 9.49. The van der Waals surface area contributed by atoms with Gasteiger partial charge in [-0.2, -0.15) is 4.31 Å². The van der Waals surface area contributed by atoms with Gasteiger partial charge in [-0.3, -0.25) is 18.9 Å². The van der Waals surface area contributed by atoms with E-state index >= 15 is 0 Å². The van der Waals surface area contributed by atoms with Gasteiger partial charge in [0.25, 0.3) is 5.56 Å². The van der Waals surface area contributed by atoms with Gasteiger partial charge in [-0.15, -0.1) is 0 Å². The first-order valence-electron chi connectivity index (χ1n) is 6.47. The van der Waals surface area contributed by atoms with Crippen molar-refractivity contribution in [3.63, 3.8) is 0 Å². The molecule has 0 bridgehead atoms. The second kappa shape index (κ2) is 14.9. The quantitative estimate of drug-likeness (QED) is 0.159. The number of aliphatic hydroxyl groups excluding tert-OH is 2. The van der Waals surface area contributed by atoms with E-state index in [1.807, 2.05) is 4.98 Å². The van der Waals surface area contributed by atoms with Gasteiger partial charge < -0.3 is 35.3 Å². The van der Waals surface area contributed by atoms with E-state index in [1.54, 1.807) is 0 Å². The summed E-state index contributed by atoms with van der Waals surface area (Å²) in [5.41, 5.74) is -1.65. The summed E-state index contributed by atoms with van der Waals surface area (Å²) in [4.78, 5) is 50.7. The van der Waals surface area contributed by atoms with E-state index in [1.165, 1.54) is 0 Å². The van der Waals surface area contributed by atoms with Crippen LogP contribution in [0.25, 0.3) is 0 Å². The largest absolute Gasteiger partial charge is 1.00 e. The maximum absolute atomic E-state index is 11.7. The van der Waals surface area contributed by atoms with Gasteiger partial charge in [-0.1, -0.05) is 0 Å². The molecule has 1 aromatic heterocycles. The number of H-pyrrole nitrogens is 1. The van der Waals surface area contributed by atoms with Crippen molar-refractivity contribution in [1.29, 1.82) is 0 Å². The van der Waals surface area contributed by atoms with Gasteiger partial charge in [0.2, 0.25) is 0 Å². The van der Waals surface area contributed by atoms with E-state index < -0.39 is 58.0 Å². The Morgan fingerprint density at radius 1 is 1.10 bits per heavy atom. The minimum atomic E-state index is -5.32. The summed E-state index contributed by atoms with van der Waals surface area (Å²) in [5, 5.41) is 19.8. The minimum absolute atomic E-state index is 0. The van der Waals surface area contributed by atoms with Crippen LogP contribution < -0.4 is 129 Å². The van der Waals surface area contributed by atoms with E-state index in [2.05, 4.69) is 8.83 Å². The minimum Gasteiger partial charge on any atom is -1.00 e. The zero-order valence-electron chi connectivity index (χ0n) is 20.1. The fourth-order valence-corrected chi connectivity index (χ4v) is 3.65. The summed E-state index contributed by atoms with van der Waals surface area (Å²) in [7, 11) is -10.5. The Kier molecular flexibility index (Phi) is 18.8. The van der Waals surface area contributed by atoms with Gasteiger partial charge in [0, 0.05) is 12.3 Å². The molecule has 0 aromatic carbocycles. The van der Waals surface area contributed by atoms with Crippen LogP contribution in [0.2, 0.25) is 0 Å². The van der Waals surface area contributed by atoms with E-state index in [0.29, 0.717) is 0 Å². The molecule has 3 unspecified atom stereocenters. The first kappa shape index (κ1) is 36.4. The predicted octanol–water partition coefficient (Wildman–Crippen LogP) is -14.2. The molecule has 5 atom stereocenters. The van der Waals surface area contributed by atoms with Crippen LogP contribution >= 0.6 is 15.6 Å². The molecule has 14 nitrogen and oxygen atoms in total. The molecular weight excluding hydrogens is 482 g/mol. The van der Waals surface area contributed by atoms with Crippen LogP contribution in [0.1, 0.15) is 11.9 Å². The summed E-state index contributed by atoms with van der Waals surface area (Å²) >= 11 is 0. The molecule has 0 radical (unpaired) electrons. The third kappa shape index (κ3) is 11.2. The molecule has 0 aliphatic carbocycles. The molecule has 6 N–H and O–H groups in total. The van der Waals surface area contributed by atoms with Crippen molar-refractivity contribution in [2.45, 2.75) is 24.5 Å². The molecule has 0 amide bonds. The first-order chi connectivity index (χ1) is 11.4. The summed E-state index contributed by atoms with van der Waals surface area (Å²) < 4.78 is 35.6.